The molecule has 4 unspecified atom stereocenters. The minimum absolute atomic E-state index is 0.0134. The van der Waals surface area contributed by atoms with Gasteiger partial charge >= 0.3 is 0 Å². The summed E-state index contributed by atoms with van der Waals surface area (Å²) in [6.07, 6.45) is 27.1. The molecule has 2 aromatic rings. The van der Waals surface area contributed by atoms with Gasteiger partial charge in [0.15, 0.2) is 0 Å². The van der Waals surface area contributed by atoms with Gasteiger partial charge in [-0.05, 0) is 56.6 Å². The summed E-state index contributed by atoms with van der Waals surface area (Å²) in [6, 6.07) is 6.87. The van der Waals surface area contributed by atoms with Gasteiger partial charge in [0.1, 0.15) is 5.65 Å². The number of rotatable bonds is 5. The summed E-state index contributed by atoms with van der Waals surface area (Å²) >= 11 is 0. The SMILES string of the molecule is CC1(N)CCCCCCCCC(C2CCCCCCC(NCCc3cn4ccccc4n3)C2)C1. The van der Waals surface area contributed by atoms with Crippen LogP contribution in [-0.4, -0.2) is 27.5 Å². The molecule has 2 fully saturated rings. The van der Waals surface area contributed by atoms with Gasteiger partial charge in [-0.1, -0.05) is 83.1 Å². The predicted molar refractivity (Wildman–Crippen MR) is 144 cm³/mol. The Balaban J connectivity index is 1.37. The molecule has 2 saturated carbocycles. The lowest BCUT2D eigenvalue weighted by molar-refractivity contribution is 0.188. The molecule has 4 nitrogen and oxygen atoms in total. The van der Waals surface area contributed by atoms with Crippen molar-refractivity contribution in [2.24, 2.45) is 17.6 Å². The Morgan fingerprint density at radius 3 is 2.44 bits per heavy atom. The molecule has 0 saturated heterocycles. The summed E-state index contributed by atoms with van der Waals surface area (Å²) in [4.78, 5) is 4.80. The first-order valence-electron chi connectivity index (χ1n) is 14.5. The number of imidazole rings is 1. The zero-order valence-electron chi connectivity index (χ0n) is 21.8. The molecule has 0 amide bonds. The number of pyridine rings is 1. The van der Waals surface area contributed by atoms with Crippen molar-refractivity contribution in [3.63, 3.8) is 0 Å². The van der Waals surface area contributed by atoms with E-state index in [-0.39, 0.29) is 5.54 Å². The Morgan fingerprint density at radius 2 is 1.65 bits per heavy atom. The molecule has 0 radical (unpaired) electrons. The van der Waals surface area contributed by atoms with E-state index in [0.29, 0.717) is 6.04 Å². The van der Waals surface area contributed by atoms with Gasteiger partial charge in [-0.15, -0.1) is 0 Å². The number of aromatic nitrogens is 2. The molecule has 0 aliphatic heterocycles. The van der Waals surface area contributed by atoms with Crippen LogP contribution in [0.4, 0.5) is 0 Å². The van der Waals surface area contributed by atoms with Crippen molar-refractivity contribution in [3.8, 4) is 0 Å². The van der Waals surface area contributed by atoms with Crippen LogP contribution in [-0.2, 0) is 6.42 Å². The average molecular weight is 467 g/mol. The van der Waals surface area contributed by atoms with E-state index in [1.807, 2.05) is 0 Å². The Morgan fingerprint density at radius 1 is 0.941 bits per heavy atom. The normalized spacial score (nSPS) is 30.7. The van der Waals surface area contributed by atoms with Gasteiger partial charge in [-0.2, -0.15) is 0 Å². The fraction of sp³-hybridized carbons (Fsp3) is 0.767. The highest BCUT2D eigenvalue weighted by Gasteiger charge is 2.31. The molecule has 2 aliphatic rings. The van der Waals surface area contributed by atoms with Gasteiger partial charge in [-0.3, -0.25) is 0 Å². The van der Waals surface area contributed by atoms with E-state index in [4.69, 9.17) is 10.7 Å². The van der Waals surface area contributed by atoms with Gasteiger partial charge in [0.05, 0.1) is 5.69 Å². The van der Waals surface area contributed by atoms with Crippen molar-refractivity contribution in [2.45, 2.75) is 128 Å². The third kappa shape index (κ3) is 8.09. The highest BCUT2D eigenvalue weighted by atomic mass is 15.0. The van der Waals surface area contributed by atoms with Crippen LogP contribution in [0.15, 0.2) is 30.6 Å². The molecule has 34 heavy (non-hydrogen) atoms. The maximum Gasteiger partial charge on any atom is 0.136 e. The number of hydrogen-bond acceptors (Lipinski definition) is 3. The van der Waals surface area contributed by atoms with Crippen LogP contribution in [0.25, 0.3) is 5.65 Å². The highest BCUT2D eigenvalue weighted by molar-refractivity contribution is 5.39. The first-order chi connectivity index (χ1) is 16.6. The second-order valence-corrected chi connectivity index (χ2v) is 11.9. The van der Waals surface area contributed by atoms with Crippen LogP contribution in [0.2, 0.25) is 0 Å². The lowest BCUT2D eigenvalue weighted by Crippen LogP contribution is -2.41. The summed E-state index contributed by atoms with van der Waals surface area (Å²) in [5.74, 6) is 1.63. The number of nitrogens with one attached hydrogen (secondary N) is 1. The third-order valence-electron chi connectivity index (χ3n) is 8.66. The van der Waals surface area contributed by atoms with Gasteiger partial charge in [0, 0.05) is 36.9 Å². The van der Waals surface area contributed by atoms with Crippen molar-refractivity contribution in [1.82, 2.24) is 14.7 Å². The molecule has 2 heterocycles. The minimum Gasteiger partial charge on any atom is -0.325 e. The maximum absolute atomic E-state index is 6.90. The summed E-state index contributed by atoms with van der Waals surface area (Å²) < 4.78 is 2.14. The zero-order chi connectivity index (χ0) is 23.6. The molecule has 2 aliphatic carbocycles. The van der Waals surface area contributed by atoms with E-state index < -0.39 is 0 Å². The predicted octanol–water partition coefficient (Wildman–Crippen LogP) is 7.05. The monoisotopic (exact) mass is 466 g/mol. The summed E-state index contributed by atoms with van der Waals surface area (Å²) in [6.45, 7) is 3.37. The van der Waals surface area contributed by atoms with Crippen molar-refractivity contribution in [3.05, 3.63) is 36.3 Å². The minimum atomic E-state index is 0.0134. The summed E-state index contributed by atoms with van der Waals surface area (Å²) in [5, 5.41) is 3.98. The van der Waals surface area contributed by atoms with Crippen molar-refractivity contribution >= 4 is 5.65 Å². The molecule has 4 rings (SSSR count). The fourth-order valence-electron chi connectivity index (χ4n) is 6.73. The van der Waals surface area contributed by atoms with E-state index in [1.54, 1.807) is 0 Å². The van der Waals surface area contributed by atoms with Gasteiger partial charge in [0.2, 0.25) is 0 Å². The van der Waals surface area contributed by atoms with Gasteiger partial charge in [0.25, 0.3) is 0 Å². The molecule has 190 valence electrons. The standard InChI is InChI=1S/C30H50N4/c1-30(31)19-12-7-3-2-4-9-15-26(23-30)25-14-8-5-6-10-16-27(22-25)32-20-18-28-24-34-21-13-11-17-29(34)33-28/h11,13,17,21,24-27,32H,2-10,12,14-16,18-20,22-23,31H2,1H3. The van der Waals surface area contributed by atoms with E-state index in [9.17, 15) is 0 Å². The quantitative estimate of drug-likeness (QED) is 0.496. The summed E-state index contributed by atoms with van der Waals surface area (Å²) in [5.41, 5.74) is 9.16. The lowest BCUT2D eigenvalue weighted by atomic mass is 9.73. The number of nitrogens with zero attached hydrogens (tertiary/aromatic N) is 2. The number of fused-ring (bicyclic) bond motifs is 1. The van der Waals surface area contributed by atoms with E-state index in [2.05, 4.69) is 47.2 Å². The van der Waals surface area contributed by atoms with Gasteiger partial charge in [-0.25, -0.2) is 4.98 Å². The Labute approximate surface area is 208 Å². The van der Waals surface area contributed by atoms with Crippen LogP contribution < -0.4 is 11.1 Å². The van der Waals surface area contributed by atoms with E-state index in [0.717, 1.165) is 30.4 Å². The first-order valence-corrected chi connectivity index (χ1v) is 14.5. The average Bonchev–Trinajstić information content (AvgIpc) is 3.26. The molecular formula is C30H50N4. The van der Waals surface area contributed by atoms with Crippen LogP contribution in [0.3, 0.4) is 0 Å². The zero-order valence-corrected chi connectivity index (χ0v) is 21.8. The number of hydrogen-bond donors (Lipinski definition) is 2. The molecule has 0 spiro atoms. The topological polar surface area (TPSA) is 55.3 Å². The molecule has 0 bridgehead atoms. The third-order valence-corrected chi connectivity index (χ3v) is 8.66. The lowest BCUT2D eigenvalue weighted by Gasteiger charge is -2.36. The van der Waals surface area contributed by atoms with Crippen molar-refractivity contribution in [1.29, 1.82) is 0 Å². The highest BCUT2D eigenvalue weighted by Crippen LogP contribution is 2.37. The van der Waals surface area contributed by atoms with Crippen LogP contribution in [0.1, 0.15) is 115 Å². The van der Waals surface area contributed by atoms with Crippen LogP contribution in [0, 0.1) is 11.8 Å². The Bertz CT molecular complexity index is 808. The van der Waals surface area contributed by atoms with E-state index in [1.165, 1.54) is 108 Å². The second-order valence-electron chi connectivity index (χ2n) is 11.9. The Hall–Kier alpha value is -1.39. The van der Waals surface area contributed by atoms with Crippen molar-refractivity contribution in [2.75, 3.05) is 6.54 Å². The largest absolute Gasteiger partial charge is 0.325 e. The molecule has 4 atom stereocenters. The van der Waals surface area contributed by atoms with Crippen LogP contribution in [0.5, 0.6) is 0 Å². The molecule has 3 N–H and O–H groups in total. The molecular weight excluding hydrogens is 416 g/mol. The van der Waals surface area contributed by atoms with Crippen molar-refractivity contribution < 1.29 is 0 Å². The fourth-order valence-corrected chi connectivity index (χ4v) is 6.73. The van der Waals surface area contributed by atoms with E-state index >= 15 is 0 Å². The maximum atomic E-state index is 6.90. The summed E-state index contributed by atoms with van der Waals surface area (Å²) in [7, 11) is 0. The molecule has 2 aromatic heterocycles. The Kier molecular flexibility index (Phi) is 9.87. The second kappa shape index (κ2) is 13.1. The smallest absolute Gasteiger partial charge is 0.136 e. The van der Waals surface area contributed by atoms with Gasteiger partial charge < -0.3 is 15.5 Å². The van der Waals surface area contributed by atoms with Crippen LogP contribution >= 0.6 is 0 Å². The molecule has 4 heteroatoms. The number of nitrogens with two attached hydrogens (primary N) is 1. The molecule has 0 aromatic carbocycles. The first kappa shape index (κ1) is 25.7.